The van der Waals surface area contributed by atoms with Crippen LogP contribution in [0.5, 0.6) is 0 Å². The molecule has 0 amide bonds. The van der Waals surface area contributed by atoms with Gasteiger partial charge in [0, 0.05) is 30.6 Å². The summed E-state index contributed by atoms with van der Waals surface area (Å²) in [5, 5.41) is 8.92. The fourth-order valence-corrected chi connectivity index (χ4v) is 2.83. The van der Waals surface area contributed by atoms with Crippen LogP contribution in [0.25, 0.3) is 10.9 Å². The van der Waals surface area contributed by atoms with Gasteiger partial charge in [-0.2, -0.15) is 10.2 Å². The smallest absolute Gasteiger partial charge is 0.0951 e. The van der Waals surface area contributed by atoms with Crippen molar-refractivity contribution in [2.24, 2.45) is 0 Å². The first kappa shape index (κ1) is 10.1. The number of piperidine rings is 1. The van der Waals surface area contributed by atoms with Gasteiger partial charge in [0.15, 0.2) is 0 Å². The minimum absolute atomic E-state index is 0.410. The maximum absolute atomic E-state index is 5.95. The molecule has 1 aromatic heterocycles. The van der Waals surface area contributed by atoms with Crippen LogP contribution in [0.1, 0.15) is 6.42 Å². The second-order valence-corrected chi connectivity index (χ2v) is 5.02. The van der Waals surface area contributed by atoms with E-state index >= 15 is 0 Å². The number of nitrogens with zero attached hydrogens (tertiary/aromatic N) is 3. The van der Waals surface area contributed by atoms with Crippen LogP contribution in [0.15, 0.2) is 24.4 Å². The average molecular weight is 242 g/mol. The molecule has 2 bridgehead atoms. The van der Waals surface area contributed by atoms with Gasteiger partial charge in [-0.25, -0.2) is 0 Å². The Bertz CT molecular complexity index is 599. The quantitative estimate of drug-likeness (QED) is 0.813. The lowest BCUT2D eigenvalue weighted by Crippen LogP contribution is -2.57. The third kappa shape index (κ3) is 1.44. The van der Waals surface area contributed by atoms with Gasteiger partial charge in [0.05, 0.1) is 29.6 Å². The molecule has 18 heavy (non-hydrogen) atoms. The summed E-state index contributed by atoms with van der Waals surface area (Å²) < 4.78 is 5.65. The molecule has 2 unspecified atom stereocenters. The molecule has 92 valence electrons. The normalized spacial score (nSPS) is 26.1. The van der Waals surface area contributed by atoms with E-state index < -0.39 is 0 Å². The van der Waals surface area contributed by atoms with Gasteiger partial charge in [0.2, 0.25) is 0 Å². The maximum atomic E-state index is 5.95. The van der Waals surface area contributed by atoms with Crippen molar-refractivity contribution in [3.05, 3.63) is 24.4 Å². The lowest BCUT2D eigenvalue weighted by atomic mass is 9.98. The monoisotopic (exact) mass is 242 g/mol. The highest BCUT2D eigenvalue weighted by atomic mass is 16.5. The number of morpholine rings is 1. The van der Waals surface area contributed by atoms with Crippen molar-refractivity contribution in [1.82, 2.24) is 10.2 Å². The summed E-state index contributed by atoms with van der Waals surface area (Å²) in [6, 6.07) is 6.17. The van der Waals surface area contributed by atoms with E-state index in [2.05, 4.69) is 27.2 Å². The van der Waals surface area contributed by atoms with Crippen molar-refractivity contribution in [2.75, 3.05) is 23.7 Å². The van der Waals surface area contributed by atoms with Gasteiger partial charge < -0.3 is 15.4 Å². The SMILES string of the molecule is Nc1cnnc2ccc(N3CC4CC(C3)O4)cc12. The number of benzene rings is 1. The van der Waals surface area contributed by atoms with Crippen LogP contribution in [0.4, 0.5) is 11.4 Å². The van der Waals surface area contributed by atoms with Crippen LogP contribution in [0, 0.1) is 0 Å². The molecular weight excluding hydrogens is 228 g/mol. The van der Waals surface area contributed by atoms with Crippen LogP contribution in [0.2, 0.25) is 0 Å². The Morgan fingerprint density at radius 3 is 2.83 bits per heavy atom. The van der Waals surface area contributed by atoms with E-state index in [1.807, 2.05) is 6.07 Å². The summed E-state index contributed by atoms with van der Waals surface area (Å²) in [5.41, 5.74) is 8.67. The summed E-state index contributed by atoms with van der Waals surface area (Å²) in [7, 11) is 0. The molecule has 5 heteroatoms. The number of anilines is 2. The number of nitrogens with two attached hydrogens (primary N) is 1. The molecule has 0 radical (unpaired) electrons. The molecule has 0 spiro atoms. The summed E-state index contributed by atoms with van der Waals surface area (Å²) >= 11 is 0. The molecule has 5 rings (SSSR count). The minimum atomic E-state index is 0.410. The Morgan fingerprint density at radius 1 is 1.28 bits per heavy atom. The Hall–Kier alpha value is -1.88. The first-order valence-corrected chi connectivity index (χ1v) is 6.21. The molecule has 3 aliphatic rings. The van der Waals surface area contributed by atoms with E-state index in [0.29, 0.717) is 17.9 Å². The zero-order valence-corrected chi connectivity index (χ0v) is 9.91. The van der Waals surface area contributed by atoms with Gasteiger partial charge in [-0.15, -0.1) is 0 Å². The predicted octanol–water partition coefficient (Wildman–Crippen LogP) is 1.19. The maximum Gasteiger partial charge on any atom is 0.0951 e. The second-order valence-electron chi connectivity index (χ2n) is 5.02. The van der Waals surface area contributed by atoms with Crippen LogP contribution < -0.4 is 10.6 Å². The van der Waals surface area contributed by atoms with Crippen molar-refractivity contribution in [1.29, 1.82) is 0 Å². The Kier molecular flexibility index (Phi) is 1.99. The standard InChI is InChI=1S/C13H14N4O/c14-12-5-15-16-13-2-1-8(3-11(12)13)17-6-9-4-10(7-17)18-9/h1-3,5,9-10H,4,6-7H2,(H2,14,16). The van der Waals surface area contributed by atoms with Gasteiger partial charge in [0.25, 0.3) is 0 Å². The summed E-state index contributed by atoms with van der Waals surface area (Å²) in [6.07, 6.45) is 3.63. The van der Waals surface area contributed by atoms with E-state index in [4.69, 9.17) is 10.5 Å². The molecule has 2 aromatic rings. The number of aromatic nitrogens is 2. The van der Waals surface area contributed by atoms with E-state index in [-0.39, 0.29) is 0 Å². The fourth-order valence-electron chi connectivity index (χ4n) is 2.83. The van der Waals surface area contributed by atoms with Crippen molar-refractivity contribution in [2.45, 2.75) is 18.6 Å². The molecular formula is C13H14N4O. The molecule has 4 heterocycles. The highest BCUT2D eigenvalue weighted by Crippen LogP contribution is 2.32. The van der Waals surface area contributed by atoms with Crippen molar-refractivity contribution < 1.29 is 4.74 Å². The molecule has 3 aliphatic heterocycles. The first-order chi connectivity index (χ1) is 8.79. The van der Waals surface area contributed by atoms with E-state index in [1.54, 1.807) is 6.20 Å². The number of rotatable bonds is 1. The Balaban J connectivity index is 1.74. The topological polar surface area (TPSA) is 64.3 Å². The van der Waals surface area contributed by atoms with Crippen molar-refractivity contribution >= 4 is 22.3 Å². The van der Waals surface area contributed by atoms with Crippen LogP contribution in [-0.4, -0.2) is 35.5 Å². The number of fused-ring (bicyclic) bond motifs is 3. The highest BCUT2D eigenvalue weighted by molar-refractivity contribution is 5.91. The number of hydrogen-bond donors (Lipinski definition) is 1. The zero-order chi connectivity index (χ0) is 12.1. The first-order valence-electron chi connectivity index (χ1n) is 6.21. The summed E-state index contributed by atoms with van der Waals surface area (Å²) in [4.78, 5) is 2.36. The summed E-state index contributed by atoms with van der Waals surface area (Å²) in [5.74, 6) is 0. The molecule has 2 N–H and O–H groups in total. The molecule has 3 fully saturated rings. The van der Waals surface area contributed by atoms with Gasteiger partial charge in [0.1, 0.15) is 0 Å². The van der Waals surface area contributed by atoms with E-state index in [9.17, 15) is 0 Å². The highest BCUT2D eigenvalue weighted by Gasteiger charge is 2.38. The number of nitrogen functional groups attached to an aromatic ring is 1. The number of ether oxygens (including phenoxy) is 1. The van der Waals surface area contributed by atoms with Gasteiger partial charge >= 0.3 is 0 Å². The van der Waals surface area contributed by atoms with Gasteiger partial charge in [-0.3, -0.25) is 0 Å². The van der Waals surface area contributed by atoms with Crippen molar-refractivity contribution in [3.63, 3.8) is 0 Å². The zero-order valence-electron chi connectivity index (χ0n) is 9.91. The lowest BCUT2D eigenvalue weighted by molar-refractivity contribution is -0.133. The molecule has 0 aliphatic carbocycles. The van der Waals surface area contributed by atoms with E-state index in [0.717, 1.165) is 24.0 Å². The Morgan fingerprint density at radius 2 is 2.06 bits per heavy atom. The van der Waals surface area contributed by atoms with Crippen LogP contribution in [0.3, 0.4) is 0 Å². The number of hydrogen-bond acceptors (Lipinski definition) is 5. The fraction of sp³-hybridized carbons (Fsp3) is 0.385. The third-order valence-corrected chi connectivity index (χ3v) is 3.78. The van der Waals surface area contributed by atoms with Crippen LogP contribution >= 0.6 is 0 Å². The molecule has 0 saturated carbocycles. The molecule has 2 atom stereocenters. The van der Waals surface area contributed by atoms with Crippen LogP contribution in [-0.2, 0) is 4.74 Å². The third-order valence-electron chi connectivity index (χ3n) is 3.78. The molecule has 1 aromatic carbocycles. The second kappa shape index (κ2) is 3.55. The van der Waals surface area contributed by atoms with Gasteiger partial charge in [-0.05, 0) is 18.2 Å². The molecule has 3 saturated heterocycles. The Labute approximate surface area is 105 Å². The minimum Gasteiger partial charge on any atom is -0.397 e. The summed E-state index contributed by atoms with van der Waals surface area (Å²) in [6.45, 7) is 1.95. The predicted molar refractivity (Wildman–Crippen MR) is 69.4 cm³/mol. The van der Waals surface area contributed by atoms with Crippen molar-refractivity contribution in [3.8, 4) is 0 Å². The molecule has 5 nitrogen and oxygen atoms in total. The lowest BCUT2D eigenvalue weighted by Gasteiger charge is -2.48. The van der Waals surface area contributed by atoms with Gasteiger partial charge in [-0.1, -0.05) is 0 Å². The largest absolute Gasteiger partial charge is 0.397 e. The average Bonchev–Trinajstić information content (AvgIpc) is 2.38. The van der Waals surface area contributed by atoms with E-state index in [1.165, 1.54) is 12.1 Å².